The fourth-order valence-electron chi connectivity index (χ4n) is 2.13. The molecule has 0 aliphatic rings. The molecule has 2 heteroatoms. The Morgan fingerprint density at radius 3 is 2.29 bits per heavy atom. The van der Waals surface area contributed by atoms with Gasteiger partial charge in [-0.1, -0.05) is 73.6 Å². The first-order chi connectivity index (χ1) is 10.3. The van der Waals surface area contributed by atoms with E-state index in [0.717, 1.165) is 30.4 Å². The van der Waals surface area contributed by atoms with Crippen molar-refractivity contribution in [3.63, 3.8) is 0 Å². The predicted octanol–water partition coefficient (Wildman–Crippen LogP) is 5.59. The molecule has 1 nitrogen and oxygen atoms in total. The molecule has 2 aromatic rings. The van der Waals surface area contributed by atoms with Gasteiger partial charge in [0.05, 0.1) is 0 Å². The topological polar surface area (TPSA) is 20.2 Å². The van der Waals surface area contributed by atoms with Gasteiger partial charge in [0.2, 0.25) is 0 Å². The molecule has 0 amide bonds. The lowest BCUT2D eigenvalue weighted by atomic mass is 9.99. The predicted molar refractivity (Wildman–Crippen MR) is 91.3 cm³/mol. The van der Waals surface area contributed by atoms with Crippen molar-refractivity contribution in [1.82, 2.24) is 0 Å². The van der Waals surface area contributed by atoms with Crippen molar-refractivity contribution >= 4 is 11.8 Å². The van der Waals surface area contributed by atoms with Crippen LogP contribution in [0.5, 0.6) is 0 Å². The zero-order chi connectivity index (χ0) is 14.9. The van der Waals surface area contributed by atoms with Crippen molar-refractivity contribution in [2.24, 2.45) is 0 Å². The zero-order valence-electron chi connectivity index (χ0n) is 12.4. The molecule has 0 radical (unpaired) electrons. The summed E-state index contributed by atoms with van der Waals surface area (Å²) < 4.78 is 0. The van der Waals surface area contributed by atoms with Crippen LogP contribution in [0.25, 0.3) is 0 Å². The first kappa shape index (κ1) is 15.9. The number of hydrogen-bond acceptors (Lipinski definition) is 2. The van der Waals surface area contributed by atoms with Crippen LogP contribution in [0.2, 0.25) is 0 Å². The van der Waals surface area contributed by atoms with E-state index in [1.807, 2.05) is 48.5 Å². The van der Waals surface area contributed by atoms with E-state index < -0.39 is 6.10 Å². The Morgan fingerprint density at radius 1 is 1.05 bits per heavy atom. The molecule has 2 aromatic carbocycles. The molecule has 0 aromatic heterocycles. The molecule has 21 heavy (non-hydrogen) atoms. The molecule has 110 valence electrons. The number of rotatable bonds is 7. The molecule has 0 aliphatic carbocycles. The van der Waals surface area contributed by atoms with E-state index in [4.69, 9.17) is 0 Å². The number of aliphatic hydroxyl groups is 1. The molecular weight excluding hydrogens is 276 g/mol. The second-order valence-electron chi connectivity index (χ2n) is 5.04. The molecule has 1 N–H and O–H groups in total. The van der Waals surface area contributed by atoms with E-state index >= 15 is 0 Å². The molecule has 1 unspecified atom stereocenters. The van der Waals surface area contributed by atoms with Crippen molar-refractivity contribution in [3.8, 4) is 0 Å². The van der Waals surface area contributed by atoms with Crippen molar-refractivity contribution in [1.29, 1.82) is 0 Å². The van der Waals surface area contributed by atoms with Crippen LogP contribution in [0.15, 0.2) is 76.5 Å². The lowest BCUT2D eigenvalue weighted by Gasteiger charge is -2.15. The summed E-state index contributed by atoms with van der Waals surface area (Å²) in [6.07, 6.45) is 2.67. The average Bonchev–Trinajstić information content (AvgIpc) is 2.56. The van der Waals surface area contributed by atoms with E-state index in [9.17, 15) is 5.11 Å². The number of benzene rings is 2. The van der Waals surface area contributed by atoms with Gasteiger partial charge < -0.3 is 5.11 Å². The summed E-state index contributed by atoms with van der Waals surface area (Å²) in [6.45, 7) is 2.18. The number of aliphatic hydroxyl groups excluding tert-OH is 1. The van der Waals surface area contributed by atoms with E-state index in [2.05, 4.69) is 24.5 Å². The molecule has 0 spiro atoms. The maximum atomic E-state index is 10.6. The minimum absolute atomic E-state index is 0.506. The standard InChI is InChI=1S/C19H22OS/c1-2-3-10-17(15-21-18-13-8-5-9-14-18)19(20)16-11-6-4-7-12-16/h4-9,11-15,19-20H,2-3,10H2,1H3/b17-15-. The SMILES string of the molecule is CCCC/C(=C/Sc1ccccc1)C(O)c1ccccc1. The van der Waals surface area contributed by atoms with Gasteiger partial charge in [-0.05, 0) is 41.5 Å². The average molecular weight is 298 g/mol. The first-order valence-electron chi connectivity index (χ1n) is 7.45. The van der Waals surface area contributed by atoms with E-state index in [1.54, 1.807) is 11.8 Å². The second kappa shape index (κ2) is 8.71. The zero-order valence-corrected chi connectivity index (χ0v) is 13.2. The Morgan fingerprint density at radius 2 is 1.67 bits per heavy atom. The van der Waals surface area contributed by atoms with Crippen LogP contribution in [0.1, 0.15) is 37.9 Å². The first-order valence-corrected chi connectivity index (χ1v) is 8.33. The number of thioether (sulfide) groups is 1. The van der Waals surface area contributed by atoms with Gasteiger partial charge in [0.25, 0.3) is 0 Å². The van der Waals surface area contributed by atoms with Gasteiger partial charge in [-0.2, -0.15) is 0 Å². The van der Waals surface area contributed by atoms with Crippen LogP contribution in [-0.2, 0) is 0 Å². The van der Waals surface area contributed by atoms with Crippen LogP contribution >= 0.6 is 11.8 Å². The Hall–Kier alpha value is -1.51. The van der Waals surface area contributed by atoms with Gasteiger partial charge in [-0.15, -0.1) is 0 Å². The second-order valence-corrected chi connectivity index (χ2v) is 5.98. The van der Waals surface area contributed by atoms with Gasteiger partial charge in [-0.3, -0.25) is 0 Å². The summed E-state index contributed by atoms with van der Waals surface area (Å²) in [4.78, 5) is 1.20. The summed E-state index contributed by atoms with van der Waals surface area (Å²) >= 11 is 1.68. The molecule has 0 saturated heterocycles. The third-order valence-corrected chi connectivity index (χ3v) is 4.34. The van der Waals surface area contributed by atoms with Crippen LogP contribution in [0.3, 0.4) is 0 Å². The molecule has 1 atom stereocenters. The lowest BCUT2D eigenvalue weighted by molar-refractivity contribution is 0.211. The molecule has 0 fully saturated rings. The van der Waals surface area contributed by atoms with Gasteiger partial charge >= 0.3 is 0 Å². The molecule has 0 heterocycles. The fourth-order valence-corrected chi connectivity index (χ4v) is 2.98. The van der Waals surface area contributed by atoms with Crippen LogP contribution in [0, 0.1) is 0 Å². The van der Waals surface area contributed by atoms with Gasteiger partial charge in [-0.25, -0.2) is 0 Å². The van der Waals surface area contributed by atoms with Gasteiger partial charge in [0.15, 0.2) is 0 Å². The van der Waals surface area contributed by atoms with Gasteiger partial charge in [0, 0.05) is 4.90 Å². The Bertz CT molecular complexity index is 548. The maximum Gasteiger partial charge on any atom is 0.101 e. The molecule has 0 saturated carbocycles. The van der Waals surface area contributed by atoms with Crippen LogP contribution in [0.4, 0.5) is 0 Å². The summed E-state index contributed by atoms with van der Waals surface area (Å²) in [7, 11) is 0. The highest BCUT2D eigenvalue weighted by Crippen LogP contribution is 2.30. The molecular formula is C19H22OS. The van der Waals surface area contributed by atoms with Crippen LogP contribution < -0.4 is 0 Å². The lowest BCUT2D eigenvalue weighted by Crippen LogP contribution is -2.01. The highest BCUT2D eigenvalue weighted by atomic mass is 32.2. The number of hydrogen-bond donors (Lipinski definition) is 1. The van der Waals surface area contributed by atoms with E-state index in [-0.39, 0.29) is 0 Å². The maximum absolute atomic E-state index is 10.6. The Kier molecular flexibility index (Phi) is 6.58. The third kappa shape index (κ3) is 5.07. The van der Waals surface area contributed by atoms with Gasteiger partial charge in [0.1, 0.15) is 6.10 Å². The third-order valence-electron chi connectivity index (χ3n) is 3.38. The Balaban J connectivity index is 2.13. The van der Waals surface area contributed by atoms with Crippen molar-refractivity contribution < 1.29 is 5.11 Å². The molecule has 2 rings (SSSR count). The smallest absolute Gasteiger partial charge is 0.101 e. The van der Waals surface area contributed by atoms with Crippen molar-refractivity contribution in [2.45, 2.75) is 37.2 Å². The van der Waals surface area contributed by atoms with Crippen molar-refractivity contribution in [3.05, 3.63) is 77.2 Å². The molecule has 0 bridgehead atoms. The van der Waals surface area contributed by atoms with E-state index in [0.29, 0.717) is 0 Å². The summed E-state index contributed by atoms with van der Waals surface area (Å²) in [5.41, 5.74) is 2.06. The van der Waals surface area contributed by atoms with E-state index in [1.165, 1.54) is 4.90 Å². The fraction of sp³-hybridized carbons (Fsp3) is 0.263. The van der Waals surface area contributed by atoms with Crippen LogP contribution in [-0.4, -0.2) is 5.11 Å². The largest absolute Gasteiger partial charge is 0.384 e. The number of unbranched alkanes of at least 4 members (excludes halogenated alkanes) is 1. The Labute approximate surface area is 131 Å². The minimum Gasteiger partial charge on any atom is -0.384 e. The monoisotopic (exact) mass is 298 g/mol. The summed E-state index contributed by atoms with van der Waals surface area (Å²) in [5, 5.41) is 12.7. The van der Waals surface area contributed by atoms with Crippen molar-refractivity contribution in [2.75, 3.05) is 0 Å². The summed E-state index contributed by atoms with van der Waals surface area (Å²) in [5.74, 6) is 0. The summed E-state index contributed by atoms with van der Waals surface area (Å²) in [6, 6.07) is 20.2. The normalized spacial score (nSPS) is 13.1. The quantitative estimate of drug-likeness (QED) is 0.673. The highest BCUT2D eigenvalue weighted by Gasteiger charge is 2.12. The minimum atomic E-state index is -0.506. The molecule has 0 aliphatic heterocycles. The highest BCUT2D eigenvalue weighted by molar-refractivity contribution is 8.02.